The highest BCUT2D eigenvalue weighted by Crippen LogP contribution is 2.28. The number of amides is 1. The Balaban J connectivity index is 0.00000231. The van der Waals surface area contributed by atoms with Gasteiger partial charge in [-0.2, -0.15) is 0 Å². The number of ether oxygens (including phenoxy) is 1. The molecule has 31 heavy (non-hydrogen) atoms. The number of halogens is 1. The fourth-order valence-electron chi connectivity index (χ4n) is 4.72. The summed E-state index contributed by atoms with van der Waals surface area (Å²) in [4.78, 5) is 15.0. The van der Waals surface area contributed by atoms with Crippen molar-refractivity contribution in [3.05, 3.63) is 77.4 Å². The Labute approximate surface area is 189 Å². The number of hydrogen-bond donors (Lipinski definition) is 2. The van der Waals surface area contributed by atoms with Gasteiger partial charge in [-0.05, 0) is 34.4 Å². The number of nitrogens with one attached hydrogen (secondary N) is 2. The topological polar surface area (TPSA) is 53.6 Å². The summed E-state index contributed by atoms with van der Waals surface area (Å²) in [5.74, 6) is 1.10. The van der Waals surface area contributed by atoms with Crippen molar-refractivity contribution < 1.29 is 9.53 Å². The Morgan fingerprint density at radius 2 is 1.77 bits per heavy atom. The van der Waals surface area contributed by atoms with E-state index in [1.165, 1.54) is 27.5 Å². The molecule has 0 aliphatic carbocycles. The lowest BCUT2D eigenvalue weighted by atomic mass is 10.0. The van der Waals surface area contributed by atoms with Crippen LogP contribution in [0.15, 0.2) is 60.7 Å². The summed E-state index contributed by atoms with van der Waals surface area (Å²) in [6.07, 6.45) is 0.804. The van der Waals surface area contributed by atoms with Crippen molar-refractivity contribution in [3.8, 4) is 5.75 Å². The van der Waals surface area contributed by atoms with Crippen molar-refractivity contribution in [1.82, 2.24) is 15.5 Å². The fourth-order valence-corrected chi connectivity index (χ4v) is 4.72. The van der Waals surface area contributed by atoms with Crippen molar-refractivity contribution in [2.24, 2.45) is 0 Å². The zero-order valence-corrected chi connectivity index (χ0v) is 18.5. The van der Waals surface area contributed by atoms with E-state index in [4.69, 9.17) is 4.74 Å². The monoisotopic (exact) mass is 437 g/mol. The molecule has 0 saturated carbocycles. The molecular formula is C25H28ClN3O2. The maximum atomic E-state index is 13.0. The van der Waals surface area contributed by atoms with Gasteiger partial charge >= 0.3 is 0 Å². The van der Waals surface area contributed by atoms with E-state index >= 15 is 0 Å². The van der Waals surface area contributed by atoms with Gasteiger partial charge in [0.05, 0.1) is 13.2 Å². The van der Waals surface area contributed by atoms with Gasteiger partial charge in [-0.3, -0.25) is 4.79 Å². The Hall–Kier alpha value is -2.60. The SMILES string of the molecule is COc1ccc2ccccc2c1CN[C@@H]1CN[C@H](C(=O)N2Cc3ccccc3C2)C1.Cl. The first-order valence-corrected chi connectivity index (χ1v) is 10.6. The lowest BCUT2D eigenvalue weighted by Gasteiger charge is -2.20. The molecule has 0 spiro atoms. The van der Waals surface area contributed by atoms with Crippen LogP contribution in [-0.2, 0) is 24.4 Å². The predicted octanol–water partition coefficient (Wildman–Crippen LogP) is 3.63. The van der Waals surface area contributed by atoms with E-state index in [1.807, 2.05) is 23.1 Å². The molecule has 3 aromatic rings. The summed E-state index contributed by atoms with van der Waals surface area (Å²) < 4.78 is 5.61. The van der Waals surface area contributed by atoms with Crippen LogP contribution in [0, 0.1) is 0 Å². The molecule has 0 bridgehead atoms. The molecule has 1 fully saturated rings. The molecule has 0 unspecified atom stereocenters. The minimum absolute atomic E-state index is 0. The van der Waals surface area contributed by atoms with Crippen molar-refractivity contribution in [2.75, 3.05) is 13.7 Å². The Morgan fingerprint density at radius 3 is 2.52 bits per heavy atom. The lowest BCUT2D eigenvalue weighted by molar-refractivity contribution is -0.133. The molecule has 2 heterocycles. The highest BCUT2D eigenvalue weighted by atomic mass is 35.5. The predicted molar refractivity (Wildman–Crippen MR) is 125 cm³/mol. The van der Waals surface area contributed by atoms with Gasteiger partial charge in [0.2, 0.25) is 5.91 Å². The molecule has 5 nitrogen and oxygen atoms in total. The van der Waals surface area contributed by atoms with Crippen LogP contribution in [0.4, 0.5) is 0 Å². The molecule has 6 heteroatoms. The van der Waals surface area contributed by atoms with E-state index < -0.39 is 0 Å². The van der Waals surface area contributed by atoms with Gasteiger partial charge in [-0.15, -0.1) is 12.4 Å². The molecule has 2 N–H and O–H groups in total. The molecule has 1 amide bonds. The molecule has 3 aromatic carbocycles. The summed E-state index contributed by atoms with van der Waals surface area (Å²) >= 11 is 0. The van der Waals surface area contributed by atoms with Crippen LogP contribution in [0.2, 0.25) is 0 Å². The molecule has 2 aliphatic rings. The average Bonchev–Trinajstić information content (AvgIpc) is 3.44. The number of hydrogen-bond acceptors (Lipinski definition) is 4. The Kier molecular flexibility index (Phi) is 6.46. The van der Waals surface area contributed by atoms with E-state index in [2.05, 4.69) is 53.1 Å². The minimum atomic E-state index is -0.119. The summed E-state index contributed by atoms with van der Waals surface area (Å²) in [6.45, 7) is 2.95. The van der Waals surface area contributed by atoms with Crippen molar-refractivity contribution >= 4 is 29.1 Å². The van der Waals surface area contributed by atoms with E-state index in [0.717, 1.165) is 31.8 Å². The Morgan fingerprint density at radius 1 is 1.06 bits per heavy atom. The average molecular weight is 438 g/mol. The van der Waals surface area contributed by atoms with Gasteiger partial charge in [0, 0.05) is 37.8 Å². The number of methoxy groups -OCH3 is 1. The first kappa shape index (κ1) is 21.6. The van der Waals surface area contributed by atoms with Crippen LogP contribution in [0.5, 0.6) is 5.75 Å². The molecule has 0 radical (unpaired) electrons. The number of benzene rings is 3. The summed E-state index contributed by atoms with van der Waals surface area (Å²) in [6, 6.07) is 21.0. The smallest absolute Gasteiger partial charge is 0.240 e. The van der Waals surface area contributed by atoms with Crippen LogP contribution in [0.3, 0.4) is 0 Å². The maximum Gasteiger partial charge on any atom is 0.240 e. The van der Waals surface area contributed by atoms with E-state index in [9.17, 15) is 4.79 Å². The molecule has 2 aliphatic heterocycles. The largest absolute Gasteiger partial charge is 0.496 e. The quantitative estimate of drug-likeness (QED) is 0.640. The van der Waals surface area contributed by atoms with E-state index in [1.54, 1.807) is 7.11 Å². The van der Waals surface area contributed by atoms with Gasteiger partial charge in [-0.1, -0.05) is 54.6 Å². The summed E-state index contributed by atoms with van der Waals surface area (Å²) in [5, 5.41) is 9.49. The van der Waals surface area contributed by atoms with Crippen LogP contribution >= 0.6 is 12.4 Å². The summed E-state index contributed by atoms with van der Waals surface area (Å²) in [7, 11) is 1.72. The van der Waals surface area contributed by atoms with Gasteiger partial charge in [0.25, 0.3) is 0 Å². The number of carbonyl (C=O) groups excluding carboxylic acids is 1. The Bertz CT molecular complexity index is 1060. The number of rotatable bonds is 5. The minimum Gasteiger partial charge on any atom is -0.496 e. The third-order valence-electron chi connectivity index (χ3n) is 6.37. The summed E-state index contributed by atoms with van der Waals surface area (Å²) in [5.41, 5.74) is 3.70. The van der Waals surface area contributed by atoms with Crippen molar-refractivity contribution in [1.29, 1.82) is 0 Å². The number of nitrogens with zero attached hydrogens (tertiary/aromatic N) is 1. The lowest BCUT2D eigenvalue weighted by Crippen LogP contribution is -2.40. The highest BCUT2D eigenvalue weighted by molar-refractivity contribution is 5.87. The van der Waals surface area contributed by atoms with Crippen molar-refractivity contribution in [2.45, 2.75) is 38.1 Å². The molecule has 2 atom stereocenters. The van der Waals surface area contributed by atoms with Crippen LogP contribution in [0.1, 0.15) is 23.1 Å². The van der Waals surface area contributed by atoms with Crippen LogP contribution in [0.25, 0.3) is 10.8 Å². The van der Waals surface area contributed by atoms with Crippen LogP contribution in [-0.4, -0.2) is 36.5 Å². The van der Waals surface area contributed by atoms with Crippen molar-refractivity contribution in [3.63, 3.8) is 0 Å². The fraction of sp³-hybridized carbons (Fsp3) is 0.320. The van der Waals surface area contributed by atoms with E-state index in [0.29, 0.717) is 6.54 Å². The molecule has 5 rings (SSSR count). The second-order valence-electron chi connectivity index (χ2n) is 8.20. The van der Waals surface area contributed by atoms with Gasteiger partial charge in [-0.25, -0.2) is 0 Å². The highest BCUT2D eigenvalue weighted by Gasteiger charge is 2.34. The second kappa shape index (κ2) is 9.27. The third-order valence-corrected chi connectivity index (χ3v) is 6.37. The van der Waals surface area contributed by atoms with Gasteiger partial charge < -0.3 is 20.3 Å². The molecule has 0 aromatic heterocycles. The van der Waals surface area contributed by atoms with Gasteiger partial charge in [0.15, 0.2) is 0 Å². The first-order valence-electron chi connectivity index (χ1n) is 10.6. The molecular weight excluding hydrogens is 410 g/mol. The number of carbonyl (C=O) groups is 1. The van der Waals surface area contributed by atoms with Gasteiger partial charge in [0.1, 0.15) is 5.75 Å². The standard InChI is InChI=1S/C25H27N3O2.ClH/c1-30-24-11-10-17-6-4-5-9-21(17)22(24)14-26-20-12-23(27-13-20)25(29)28-15-18-7-2-3-8-19(18)16-28;/h2-11,20,23,26-27H,12-16H2,1H3;1H/t20-,23-;/m0./s1. The zero-order chi connectivity index (χ0) is 20.5. The normalized spacial score (nSPS) is 19.8. The zero-order valence-electron chi connectivity index (χ0n) is 17.6. The number of fused-ring (bicyclic) bond motifs is 2. The van der Waals surface area contributed by atoms with E-state index in [-0.39, 0.29) is 30.4 Å². The molecule has 162 valence electrons. The second-order valence-corrected chi connectivity index (χ2v) is 8.20. The van der Waals surface area contributed by atoms with Crippen LogP contribution < -0.4 is 15.4 Å². The first-order chi connectivity index (χ1) is 14.7. The molecule has 1 saturated heterocycles. The maximum absolute atomic E-state index is 13.0. The third kappa shape index (κ3) is 4.26.